The lowest BCUT2D eigenvalue weighted by Crippen LogP contribution is -2.15. The molecule has 1 N–H and O–H groups in total. The van der Waals surface area contributed by atoms with E-state index < -0.39 is 11.9 Å². The van der Waals surface area contributed by atoms with E-state index >= 15 is 0 Å². The molecule has 1 amide bonds. The lowest BCUT2D eigenvalue weighted by Gasteiger charge is -2.02. The van der Waals surface area contributed by atoms with Crippen LogP contribution in [0.15, 0.2) is 18.5 Å². The highest BCUT2D eigenvalue weighted by Crippen LogP contribution is 2.16. The van der Waals surface area contributed by atoms with Gasteiger partial charge in [0.25, 0.3) is 5.91 Å². The van der Waals surface area contributed by atoms with Gasteiger partial charge in [0, 0.05) is 25.5 Å². The van der Waals surface area contributed by atoms with Gasteiger partial charge in [0.05, 0.1) is 12.8 Å². The topological polar surface area (TPSA) is 91.0 Å². The highest BCUT2D eigenvalue weighted by atomic mass is 16.5. The smallest absolute Gasteiger partial charge is 0.360 e. The van der Waals surface area contributed by atoms with Gasteiger partial charge in [0.2, 0.25) is 0 Å². The molecule has 0 saturated heterocycles. The molecular weight excluding hydrogens is 274 g/mol. The minimum Gasteiger partial charge on any atom is -0.464 e. The molecule has 0 aliphatic rings. The van der Waals surface area contributed by atoms with E-state index in [-0.39, 0.29) is 11.4 Å². The molecule has 2 aromatic rings. The maximum Gasteiger partial charge on any atom is 0.360 e. The number of esters is 1. The molecule has 0 atom stereocenters. The predicted molar refractivity (Wildman–Crippen MR) is 75.1 cm³/mol. The van der Waals surface area contributed by atoms with Crippen molar-refractivity contribution in [1.29, 1.82) is 0 Å². The molecule has 2 heterocycles. The lowest BCUT2D eigenvalue weighted by molar-refractivity contribution is 0.0594. The second kappa shape index (κ2) is 6.21. The summed E-state index contributed by atoms with van der Waals surface area (Å²) in [6.45, 7) is 5.05. The number of carbonyl (C=O) groups is 2. The average Bonchev–Trinajstić information content (AvgIpc) is 3.12. The van der Waals surface area contributed by atoms with Crippen LogP contribution < -0.4 is 5.32 Å². The SMILES string of the molecule is CCn1ccc(C(=O)Nc2cn(CC)nc2C(=O)OC)n1. The van der Waals surface area contributed by atoms with Gasteiger partial charge in [-0.25, -0.2) is 4.79 Å². The highest BCUT2D eigenvalue weighted by molar-refractivity contribution is 6.06. The number of aromatic nitrogens is 4. The largest absolute Gasteiger partial charge is 0.464 e. The number of amides is 1. The van der Waals surface area contributed by atoms with Crippen LogP contribution in [-0.4, -0.2) is 38.5 Å². The predicted octanol–water partition coefficient (Wildman–Crippen LogP) is 1.16. The molecule has 112 valence electrons. The number of nitrogens with zero attached hydrogens (tertiary/aromatic N) is 4. The van der Waals surface area contributed by atoms with Gasteiger partial charge in [-0.3, -0.25) is 14.2 Å². The number of aryl methyl sites for hydroxylation is 2. The zero-order valence-electron chi connectivity index (χ0n) is 12.2. The highest BCUT2D eigenvalue weighted by Gasteiger charge is 2.20. The number of carbonyl (C=O) groups excluding carboxylic acids is 2. The fourth-order valence-corrected chi connectivity index (χ4v) is 1.77. The van der Waals surface area contributed by atoms with Crippen molar-refractivity contribution in [2.24, 2.45) is 0 Å². The van der Waals surface area contributed by atoms with Crippen molar-refractivity contribution in [3.8, 4) is 0 Å². The Bertz CT molecular complexity index is 659. The minimum atomic E-state index is -0.600. The molecule has 0 unspecified atom stereocenters. The van der Waals surface area contributed by atoms with Crippen LogP contribution in [0.5, 0.6) is 0 Å². The van der Waals surface area contributed by atoms with Crippen LogP contribution in [0.25, 0.3) is 0 Å². The van der Waals surface area contributed by atoms with Crippen LogP contribution in [0.1, 0.15) is 34.8 Å². The third kappa shape index (κ3) is 3.10. The van der Waals surface area contributed by atoms with Crippen molar-refractivity contribution < 1.29 is 14.3 Å². The van der Waals surface area contributed by atoms with Crippen molar-refractivity contribution in [3.05, 3.63) is 29.8 Å². The van der Waals surface area contributed by atoms with E-state index in [9.17, 15) is 9.59 Å². The molecule has 2 rings (SSSR count). The first-order chi connectivity index (χ1) is 10.1. The molecular formula is C13H17N5O3. The Morgan fingerprint density at radius 1 is 1.24 bits per heavy atom. The molecule has 0 radical (unpaired) electrons. The van der Waals surface area contributed by atoms with E-state index in [0.717, 1.165) is 0 Å². The molecule has 8 nitrogen and oxygen atoms in total. The van der Waals surface area contributed by atoms with Crippen molar-refractivity contribution in [3.63, 3.8) is 0 Å². The molecule has 2 aromatic heterocycles. The summed E-state index contributed by atoms with van der Waals surface area (Å²) < 4.78 is 7.85. The Hall–Kier alpha value is -2.64. The molecule has 0 aliphatic carbocycles. The monoisotopic (exact) mass is 291 g/mol. The van der Waals surface area contributed by atoms with Gasteiger partial charge in [-0.05, 0) is 19.9 Å². The second-order valence-electron chi connectivity index (χ2n) is 4.25. The normalized spacial score (nSPS) is 10.4. The summed E-state index contributed by atoms with van der Waals surface area (Å²) in [5, 5.41) is 10.8. The summed E-state index contributed by atoms with van der Waals surface area (Å²) in [5.74, 6) is -1.00. The molecule has 0 fully saturated rings. The van der Waals surface area contributed by atoms with Gasteiger partial charge in [-0.2, -0.15) is 10.2 Å². The van der Waals surface area contributed by atoms with Crippen molar-refractivity contribution in [2.45, 2.75) is 26.9 Å². The number of anilines is 1. The molecule has 8 heteroatoms. The zero-order valence-corrected chi connectivity index (χ0v) is 12.2. The lowest BCUT2D eigenvalue weighted by atomic mass is 10.3. The molecule has 0 bridgehead atoms. The van der Waals surface area contributed by atoms with Crippen molar-refractivity contribution >= 4 is 17.6 Å². The van der Waals surface area contributed by atoms with Gasteiger partial charge in [0.1, 0.15) is 0 Å². The molecule has 0 aliphatic heterocycles. The average molecular weight is 291 g/mol. The standard InChI is InChI=1S/C13H17N5O3/c1-4-17-7-6-9(15-17)12(19)14-10-8-18(5-2)16-11(10)13(20)21-3/h6-8H,4-5H2,1-3H3,(H,14,19). The summed E-state index contributed by atoms with van der Waals surface area (Å²) in [6.07, 6.45) is 3.30. The Morgan fingerprint density at radius 3 is 2.52 bits per heavy atom. The van der Waals surface area contributed by atoms with E-state index in [0.29, 0.717) is 18.8 Å². The quantitative estimate of drug-likeness (QED) is 0.835. The number of rotatable bonds is 5. The third-order valence-electron chi connectivity index (χ3n) is 2.91. The summed E-state index contributed by atoms with van der Waals surface area (Å²) in [6, 6.07) is 1.61. The van der Waals surface area contributed by atoms with Gasteiger partial charge in [-0.1, -0.05) is 0 Å². The van der Waals surface area contributed by atoms with Gasteiger partial charge in [-0.15, -0.1) is 0 Å². The maximum absolute atomic E-state index is 12.1. The minimum absolute atomic E-state index is 0.0719. The number of hydrogen-bond acceptors (Lipinski definition) is 5. The Labute approximate surface area is 121 Å². The van der Waals surface area contributed by atoms with E-state index in [1.165, 1.54) is 7.11 Å². The maximum atomic E-state index is 12.1. The van der Waals surface area contributed by atoms with E-state index in [1.807, 2.05) is 13.8 Å². The summed E-state index contributed by atoms with van der Waals surface area (Å²) in [5.41, 5.74) is 0.652. The van der Waals surface area contributed by atoms with Gasteiger partial charge >= 0.3 is 5.97 Å². The van der Waals surface area contributed by atoms with E-state index in [2.05, 4.69) is 20.3 Å². The van der Waals surface area contributed by atoms with Gasteiger partial charge < -0.3 is 10.1 Å². The first-order valence-electron chi connectivity index (χ1n) is 6.59. The van der Waals surface area contributed by atoms with Crippen molar-refractivity contribution in [1.82, 2.24) is 19.6 Å². The van der Waals surface area contributed by atoms with Crippen LogP contribution in [0.3, 0.4) is 0 Å². The number of methoxy groups -OCH3 is 1. The summed E-state index contributed by atoms with van der Waals surface area (Å²) in [4.78, 5) is 23.8. The van der Waals surface area contributed by atoms with Crippen LogP contribution in [0.4, 0.5) is 5.69 Å². The summed E-state index contributed by atoms with van der Waals surface area (Å²) >= 11 is 0. The molecule has 0 spiro atoms. The Kier molecular flexibility index (Phi) is 4.36. The summed E-state index contributed by atoms with van der Waals surface area (Å²) in [7, 11) is 1.27. The molecule has 0 aromatic carbocycles. The van der Waals surface area contributed by atoms with Crippen molar-refractivity contribution in [2.75, 3.05) is 12.4 Å². The molecule has 21 heavy (non-hydrogen) atoms. The number of hydrogen-bond donors (Lipinski definition) is 1. The first kappa shape index (κ1) is 14.8. The van der Waals surface area contributed by atoms with Crippen LogP contribution in [-0.2, 0) is 17.8 Å². The zero-order chi connectivity index (χ0) is 15.4. The Balaban J connectivity index is 2.23. The first-order valence-corrected chi connectivity index (χ1v) is 6.59. The van der Waals surface area contributed by atoms with Gasteiger partial charge in [0.15, 0.2) is 11.4 Å². The van der Waals surface area contributed by atoms with E-state index in [4.69, 9.17) is 0 Å². The third-order valence-corrected chi connectivity index (χ3v) is 2.91. The number of nitrogens with one attached hydrogen (secondary N) is 1. The Morgan fingerprint density at radius 2 is 1.95 bits per heavy atom. The van der Waals surface area contributed by atoms with E-state index in [1.54, 1.807) is 27.8 Å². The number of ether oxygens (including phenoxy) is 1. The second-order valence-corrected chi connectivity index (χ2v) is 4.25. The van der Waals surface area contributed by atoms with Crippen LogP contribution in [0.2, 0.25) is 0 Å². The van der Waals surface area contributed by atoms with Crippen LogP contribution >= 0.6 is 0 Å². The fourth-order valence-electron chi connectivity index (χ4n) is 1.77. The fraction of sp³-hybridized carbons (Fsp3) is 0.385. The van der Waals surface area contributed by atoms with Crippen LogP contribution in [0, 0.1) is 0 Å². The molecule has 0 saturated carbocycles.